The number of aromatic amines is 1. The molecule has 1 aliphatic rings. The molecular formula is C18H18F2N6O. The fourth-order valence-corrected chi connectivity index (χ4v) is 3.37. The minimum Gasteiger partial charge on any atom is -0.378 e. The van der Waals surface area contributed by atoms with Crippen LogP contribution in [0.3, 0.4) is 0 Å². The normalized spacial score (nSPS) is 20.0. The highest BCUT2D eigenvalue weighted by Crippen LogP contribution is 2.29. The number of amides is 1. The summed E-state index contributed by atoms with van der Waals surface area (Å²) in [7, 11) is 0. The number of alkyl halides is 1. The molecule has 0 aromatic carbocycles. The van der Waals surface area contributed by atoms with Crippen molar-refractivity contribution in [3.05, 3.63) is 48.2 Å². The number of primary amides is 1. The average Bonchev–Trinajstić information content (AvgIpc) is 3.13. The number of carbonyl (C=O) groups is 1. The highest BCUT2D eigenvalue weighted by atomic mass is 19.1. The molecule has 4 rings (SSSR count). The molecule has 0 spiro atoms. The zero-order valence-corrected chi connectivity index (χ0v) is 14.3. The van der Waals surface area contributed by atoms with Gasteiger partial charge in [-0.3, -0.25) is 4.79 Å². The van der Waals surface area contributed by atoms with Crippen LogP contribution in [-0.4, -0.2) is 46.2 Å². The largest absolute Gasteiger partial charge is 0.378 e. The van der Waals surface area contributed by atoms with Crippen LogP contribution in [0.5, 0.6) is 0 Å². The summed E-state index contributed by atoms with van der Waals surface area (Å²) in [6, 6.07) is 4.11. The molecule has 2 atom stereocenters. The lowest BCUT2D eigenvalue weighted by molar-refractivity contribution is 0.100. The van der Waals surface area contributed by atoms with Gasteiger partial charge in [-0.15, -0.1) is 0 Å². The first-order valence-corrected chi connectivity index (χ1v) is 8.56. The Morgan fingerprint density at radius 3 is 2.85 bits per heavy atom. The molecular weight excluding hydrogens is 354 g/mol. The van der Waals surface area contributed by atoms with E-state index in [0.29, 0.717) is 35.5 Å². The first-order valence-electron chi connectivity index (χ1n) is 8.56. The molecule has 1 fully saturated rings. The number of nitrogens with one attached hydrogen (secondary N) is 2. The summed E-state index contributed by atoms with van der Waals surface area (Å²) in [5.74, 6) is -0.525. The van der Waals surface area contributed by atoms with Crippen molar-refractivity contribution in [2.45, 2.75) is 18.6 Å². The number of anilines is 2. The molecule has 3 aromatic heterocycles. The highest BCUT2D eigenvalue weighted by molar-refractivity contribution is 6.06. The van der Waals surface area contributed by atoms with Crippen molar-refractivity contribution >= 4 is 28.4 Å². The molecule has 4 heterocycles. The lowest BCUT2D eigenvalue weighted by Gasteiger charge is -2.36. The van der Waals surface area contributed by atoms with E-state index < -0.39 is 23.9 Å². The molecule has 1 aliphatic heterocycles. The second-order valence-corrected chi connectivity index (χ2v) is 6.49. The van der Waals surface area contributed by atoms with E-state index in [-0.39, 0.29) is 12.1 Å². The Morgan fingerprint density at radius 1 is 1.30 bits per heavy atom. The predicted molar refractivity (Wildman–Crippen MR) is 97.9 cm³/mol. The number of halogens is 2. The van der Waals surface area contributed by atoms with Gasteiger partial charge in [0.25, 0.3) is 5.91 Å². The fourth-order valence-electron chi connectivity index (χ4n) is 3.37. The van der Waals surface area contributed by atoms with Gasteiger partial charge >= 0.3 is 0 Å². The van der Waals surface area contributed by atoms with E-state index in [0.717, 1.165) is 6.20 Å². The number of aromatic nitrogens is 3. The Bertz CT molecular complexity index is 974. The third kappa shape index (κ3) is 3.27. The van der Waals surface area contributed by atoms with Gasteiger partial charge in [0.1, 0.15) is 23.5 Å². The number of H-pyrrole nitrogens is 1. The summed E-state index contributed by atoms with van der Waals surface area (Å²) >= 11 is 0. The average molecular weight is 372 g/mol. The maximum Gasteiger partial charge on any atom is 0.252 e. The number of piperidine rings is 1. The third-order valence-electron chi connectivity index (χ3n) is 4.76. The molecule has 4 N–H and O–H groups in total. The SMILES string of the molecule is NC(=O)c1cnc2[nH]ccc2c1NC1CCN(c2ccc(F)cn2)C[C@@H]1F. The zero-order chi connectivity index (χ0) is 19.0. The van der Waals surface area contributed by atoms with E-state index in [1.165, 1.54) is 18.3 Å². The number of nitrogens with two attached hydrogens (primary N) is 1. The summed E-state index contributed by atoms with van der Waals surface area (Å²) in [6.07, 6.45) is 3.46. The zero-order valence-electron chi connectivity index (χ0n) is 14.3. The minimum absolute atomic E-state index is 0.115. The second kappa shape index (κ2) is 6.82. The number of hydrogen-bond donors (Lipinski definition) is 3. The molecule has 9 heteroatoms. The Balaban J connectivity index is 1.55. The predicted octanol–water partition coefficient (Wildman–Crippen LogP) is 2.22. The quantitative estimate of drug-likeness (QED) is 0.652. The number of hydrogen-bond acceptors (Lipinski definition) is 5. The first-order chi connectivity index (χ1) is 13.0. The minimum atomic E-state index is -1.21. The van der Waals surface area contributed by atoms with Crippen LogP contribution in [0.2, 0.25) is 0 Å². The summed E-state index contributed by atoms with van der Waals surface area (Å²) in [5, 5.41) is 3.83. The van der Waals surface area contributed by atoms with Crippen LogP contribution in [0.4, 0.5) is 20.3 Å². The topological polar surface area (TPSA) is 99.9 Å². The number of pyridine rings is 2. The van der Waals surface area contributed by atoms with Gasteiger partial charge in [-0.2, -0.15) is 0 Å². The van der Waals surface area contributed by atoms with Crippen molar-refractivity contribution in [3.63, 3.8) is 0 Å². The van der Waals surface area contributed by atoms with Crippen LogP contribution in [0, 0.1) is 5.82 Å². The standard InChI is InChI=1S/C18H18F2N6O/c19-10-1-2-15(23-7-10)26-6-4-14(13(20)9-26)25-16-11-3-5-22-18(11)24-8-12(16)17(21)27/h1-3,5,7-8,13-14H,4,6,9H2,(H2,21,27)(H2,22,24,25)/t13-,14?/m0/s1. The number of nitrogens with zero attached hydrogens (tertiary/aromatic N) is 3. The van der Waals surface area contributed by atoms with Gasteiger partial charge in [0.2, 0.25) is 0 Å². The van der Waals surface area contributed by atoms with E-state index in [4.69, 9.17) is 5.73 Å². The highest BCUT2D eigenvalue weighted by Gasteiger charge is 2.31. The van der Waals surface area contributed by atoms with Crippen LogP contribution in [0.25, 0.3) is 11.0 Å². The fraction of sp³-hybridized carbons (Fsp3) is 0.278. The number of rotatable bonds is 4. The Hall–Kier alpha value is -3.23. The van der Waals surface area contributed by atoms with Crippen molar-refractivity contribution in [1.29, 1.82) is 0 Å². The van der Waals surface area contributed by atoms with Gasteiger partial charge in [-0.1, -0.05) is 0 Å². The molecule has 140 valence electrons. The van der Waals surface area contributed by atoms with E-state index in [2.05, 4.69) is 20.3 Å². The van der Waals surface area contributed by atoms with E-state index in [1.807, 2.05) is 0 Å². The lowest BCUT2D eigenvalue weighted by Crippen LogP contribution is -2.48. The Labute approximate surface area is 153 Å². The Morgan fingerprint density at radius 2 is 2.15 bits per heavy atom. The molecule has 0 saturated carbocycles. The van der Waals surface area contributed by atoms with E-state index in [9.17, 15) is 13.6 Å². The van der Waals surface area contributed by atoms with Crippen LogP contribution < -0.4 is 16.0 Å². The molecule has 3 aromatic rings. The van der Waals surface area contributed by atoms with Crippen LogP contribution in [-0.2, 0) is 0 Å². The monoisotopic (exact) mass is 372 g/mol. The molecule has 1 amide bonds. The maximum absolute atomic E-state index is 14.9. The summed E-state index contributed by atoms with van der Waals surface area (Å²) in [4.78, 5) is 24.7. The van der Waals surface area contributed by atoms with Gasteiger partial charge in [0.05, 0.1) is 30.0 Å². The Kier molecular flexibility index (Phi) is 4.35. The van der Waals surface area contributed by atoms with Gasteiger partial charge < -0.3 is 20.9 Å². The molecule has 0 radical (unpaired) electrons. The van der Waals surface area contributed by atoms with Crippen molar-refractivity contribution < 1.29 is 13.6 Å². The van der Waals surface area contributed by atoms with Gasteiger partial charge in [0, 0.05) is 24.3 Å². The van der Waals surface area contributed by atoms with Crippen LogP contribution in [0.1, 0.15) is 16.8 Å². The van der Waals surface area contributed by atoms with Gasteiger partial charge in [-0.25, -0.2) is 18.7 Å². The van der Waals surface area contributed by atoms with Crippen molar-refractivity contribution in [3.8, 4) is 0 Å². The second-order valence-electron chi connectivity index (χ2n) is 6.49. The lowest BCUT2D eigenvalue weighted by atomic mass is 10.0. The first kappa shape index (κ1) is 17.2. The molecule has 0 aliphatic carbocycles. The third-order valence-corrected chi connectivity index (χ3v) is 4.76. The smallest absolute Gasteiger partial charge is 0.252 e. The summed E-state index contributed by atoms with van der Waals surface area (Å²) in [5.41, 5.74) is 6.74. The van der Waals surface area contributed by atoms with Gasteiger partial charge in [-0.05, 0) is 24.6 Å². The summed E-state index contributed by atoms with van der Waals surface area (Å²) in [6.45, 7) is 0.660. The van der Waals surface area contributed by atoms with Crippen molar-refractivity contribution in [1.82, 2.24) is 15.0 Å². The molecule has 27 heavy (non-hydrogen) atoms. The van der Waals surface area contributed by atoms with Gasteiger partial charge in [0.15, 0.2) is 0 Å². The molecule has 0 bridgehead atoms. The molecule has 7 nitrogen and oxygen atoms in total. The summed E-state index contributed by atoms with van der Waals surface area (Å²) < 4.78 is 27.9. The van der Waals surface area contributed by atoms with Crippen LogP contribution in [0.15, 0.2) is 36.8 Å². The molecule has 1 saturated heterocycles. The van der Waals surface area contributed by atoms with Crippen LogP contribution >= 0.6 is 0 Å². The molecule has 1 unspecified atom stereocenters. The van der Waals surface area contributed by atoms with E-state index in [1.54, 1.807) is 17.2 Å². The number of fused-ring (bicyclic) bond motifs is 1. The van der Waals surface area contributed by atoms with E-state index >= 15 is 0 Å². The van der Waals surface area contributed by atoms with Crippen molar-refractivity contribution in [2.75, 3.05) is 23.3 Å². The number of carbonyl (C=O) groups excluding carboxylic acids is 1. The van der Waals surface area contributed by atoms with Crippen molar-refractivity contribution in [2.24, 2.45) is 5.73 Å². The maximum atomic E-state index is 14.9.